The highest BCUT2D eigenvalue weighted by Gasteiger charge is 2.43. The Labute approximate surface area is 84.2 Å². The van der Waals surface area contributed by atoms with Gasteiger partial charge in [-0.25, -0.2) is 0 Å². The van der Waals surface area contributed by atoms with Crippen LogP contribution >= 0.6 is 0 Å². The summed E-state index contributed by atoms with van der Waals surface area (Å²) in [6.45, 7) is 0.0864. The first-order valence-corrected chi connectivity index (χ1v) is 5.12. The van der Waals surface area contributed by atoms with E-state index in [0.29, 0.717) is 0 Å². The predicted octanol–water partition coefficient (Wildman–Crippen LogP) is 1.88. The first-order chi connectivity index (χ1) is 6.78. The molecule has 14 heavy (non-hydrogen) atoms. The van der Waals surface area contributed by atoms with Gasteiger partial charge in [-0.15, -0.1) is 0 Å². The van der Waals surface area contributed by atoms with Crippen LogP contribution in [-0.2, 0) is 0 Å². The largest absolute Gasteiger partial charge is 0.396 e. The number of benzene rings is 1. The van der Waals surface area contributed by atoms with Crippen LogP contribution in [-0.4, -0.2) is 16.8 Å². The highest BCUT2D eigenvalue weighted by Crippen LogP contribution is 2.49. The Balaban J connectivity index is 2.19. The molecule has 0 aromatic heterocycles. The molecule has 0 spiro atoms. The van der Waals surface area contributed by atoms with Crippen molar-refractivity contribution in [2.75, 3.05) is 6.61 Å². The average Bonchev–Trinajstić information content (AvgIpc) is 2.18. The van der Waals surface area contributed by atoms with E-state index in [2.05, 4.69) is 0 Å². The van der Waals surface area contributed by atoms with Gasteiger partial charge in [-0.3, -0.25) is 0 Å². The van der Waals surface area contributed by atoms with Crippen LogP contribution in [0.5, 0.6) is 0 Å². The highest BCUT2D eigenvalue weighted by atomic mass is 16.3. The Morgan fingerprint density at radius 1 is 1.21 bits per heavy atom. The molecule has 2 rings (SSSR count). The predicted molar refractivity (Wildman–Crippen MR) is 54.8 cm³/mol. The van der Waals surface area contributed by atoms with Gasteiger partial charge in [-0.1, -0.05) is 36.8 Å². The smallest absolute Gasteiger partial charge is 0.0868 e. The quantitative estimate of drug-likeness (QED) is 0.767. The topological polar surface area (TPSA) is 40.5 Å². The van der Waals surface area contributed by atoms with Crippen molar-refractivity contribution < 1.29 is 10.2 Å². The Hall–Kier alpha value is -0.860. The number of rotatable bonds is 3. The minimum Gasteiger partial charge on any atom is -0.396 e. The Morgan fingerprint density at radius 2 is 1.86 bits per heavy atom. The summed E-state index contributed by atoms with van der Waals surface area (Å²) in [7, 11) is 0. The lowest BCUT2D eigenvalue weighted by atomic mass is 9.64. The van der Waals surface area contributed by atoms with E-state index in [9.17, 15) is 10.2 Å². The molecular formula is C12H16O2. The SMILES string of the molecule is OCC1(C(O)c2ccccc2)CCC1. The Bertz CT molecular complexity index is 285. The van der Waals surface area contributed by atoms with Crippen molar-refractivity contribution in [3.63, 3.8) is 0 Å². The molecule has 1 saturated carbocycles. The van der Waals surface area contributed by atoms with Gasteiger partial charge >= 0.3 is 0 Å². The molecule has 0 amide bonds. The third-order valence-electron chi connectivity index (χ3n) is 3.36. The third kappa shape index (κ3) is 1.45. The molecule has 1 aromatic carbocycles. The number of hydrogen-bond donors (Lipinski definition) is 2. The zero-order valence-corrected chi connectivity index (χ0v) is 8.19. The fourth-order valence-corrected chi connectivity index (χ4v) is 2.14. The Kier molecular flexibility index (Phi) is 2.57. The van der Waals surface area contributed by atoms with Gasteiger partial charge in [0.2, 0.25) is 0 Å². The van der Waals surface area contributed by atoms with Crippen LogP contribution in [0.4, 0.5) is 0 Å². The molecule has 0 radical (unpaired) electrons. The summed E-state index contributed by atoms with van der Waals surface area (Å²) < 4.78 is 0. The fourth-order valence-electron chi connectivity index (χ4n) is 2.14. The van der Waals surface area contributed by atoms with Crippen molar-refractivity contribution in [2.45, 2.75) is 25.4 Å². The molecule has 76 valence electrons. The van der Waals surface area contributed by atoms with Crippen LogP contribution in [0, 0.1) is 5.41 Å². The van der Waals surface area contributed by atoms with Crippen molar-refractivity contribution in [2.24, 2.45) is 5.41 Å². The second kappa shape index (κ2) is 3.71. The molecule has 1 atom stereocenters. The van der Waals surface area contributed by atoms with Gasteiger partial charge in [0.15, 0.2) is 0 Å². The summed E-state index contributed by atoms with van der Waals surface area (Å²) in [5.74, 6) is 0. The van der Waals surface area contributed by atoms with Crippen LogP contribution in [0.25, 0.3) is 0 Å². The zero-order chi connectivity index (χ0) is 10.0. The monoisotopic (exact) mass is 192 g/mol. The maximum absolute atomic E-state index is 10.1. The van der Waals surface area contributed by atoms with Gasteiger partial charge in [-0.05, 0) is 18.4 Å². The van der Waals surface area contributed by atoms with E-state index >= 15 is 0 Å². The van der Waals surface area contributed by atoms with E-state index in [4.69, 9.17) is 0 Å². The van der Waals surface area contributed by atoms with Gasteiger partial charge in [-0.2, -0.15) is 0 Å². The number of aliphatic hydroxyl groups is 2. The van der Waals surface area contributed by atoms with Crippen LogP contribution in [0.2, 0.25) is 0 Å². The second-order valence-corrected chi connectivity index (χ2v) is 4.19. The molecule has 1 fully saturated rings. The van der Waals surface area contributed by atoms with Gasteiger partial charge in [0.1, 0.15) is 0 Å². The minimum atomic E-state index is -0.512. The molecule has 0 saturated heterocycles. The first-order valence-electron chi connectivity index (χ1n) is 5.12. The molecule has 1 aliphatic carbocycles. The lowest BCUT2D eigenvalue weighted by molar-refractivity contribution is -0.0734. The second-order valence-electron chi connectivity index (χ2n) is 4.19. The van der Waals surface area contributed by atoms with Crippen LogP contribution in [0.1, 0.15) is 30.9 Å². The number of hydrogen-bond acceptors (Lipinski definition) is 2. The molecule has 2 N–H and O–H groups in total. The standard InChI is InChI=1S/C12H16O2/c13-9-12(7-4-8-12)11(14)10-5-2-1-3-6-10/h1-3,5-6,11,13-14H,4,7-9H2. The molecule has 2 heteroatoms. The third-order valence-corrected chi connectivity index (χ3v) is 3.36. The van der Waals surface area contributed by atoms with Crippen molar-refractivity contribution in [1.82, 2.24) is 0 Å². The summed E-state index contributed by atoms with van der Waals surface area (Å²) in [6.07, 6.45) is 2.46. The Morgan fingerprint density at radius 3 is 2.29 bits per heavy atom. The normalized spacial score (nSPS) is 21.3. The minimum absolute atomic E-state index is 0.0864. The lowest BCUT2D eigenvalue weighted by Gasteiger charge is -2.44. The fraction of sp³-hybridized carbons (Fsp3) is 0.500. The summed E-state index contributed by atoms with van der Waals surface area (Å²) in [5, 5.41) is 19.4. The molecular weight excluding hydrogens is 176 g/mol. The van der Waals surface area contributed by atoms with Crippen molar-refractivity contribution in [1.29, 1.82) is 0 Å². The lowest BCUT2D eigenvalue weighted by Crippen LogP contribution is -2.39. The van der Waals surface area contributed by atoms with Gasteiger partial charge in [0.25, 0.3) is 0 Å². The van der Waals surface area contributed by atoms with Gasteiger partial charge < -0.3 is 10.2 Å². The first kappa shape index (κ1) is 9.69. The molecule has 1 aromatic rings. The van der Waals surface area contributed by atoms with Crippen LogP contribution in [0.3, 0.4) is 0 Å². The van der Waals surface area contributed by atoms with Crippen molar-refractivity contribution >= 4 is 0 Å². The van der Waals surface area contributed by atoms with Gasteiger partial charge in [0, 0.05) is 5.41 Å². The maximum atomic E-state index is 10.1. The summed E-state index contributed by atoms with van der Waals surface area (Å²) in [4.78, 5) is 0. The van der Waals surface area contributed by atoms with E-state index in [1.807, 2.05) is 30.3 Å². The van der Waals surface area contributed by atoms with E-state index in [-0.39, 0.29) is 12.0 Å². The summed E-state index contributed by atoms with van der Waals surface area (Å²) in [6, 6.07) is 9.61. The van der Waals surface area contributed by atoms with Crippen LogP contribution in [0.15, 0.2) is 30.3 Å². The zero-order valence-electron chi connectivity index (χ0n) is 8.19. The molecule has 0 heterocycles. The summed E-state index contributed by atoms with van der Waals surface area (Å²) in [5.41, 5.74) is 0.655. The van der Waals surface area contributed by atoms with E-state index in [0.717, 1.165) is 24.8 Å². The molecule has 2 nitrogen and oxygen atoms in total. The number of aliphatic hydroxyl groups excluding tert-OH is 2. The average molecular weight is 192 g/mol. The van der Waals surface area contributed by atoms with Crippen LogP contribution < -0.4 is 0 Å². The highest BCUT2D eigenvalue weighted by molar-refractivity contribution is 5.20. The van der Waals surface area contributed by atoms with E-state index in [1.54, 1.807) is 0 Å². The van der Waals surface area contributed by atoms with Gasteiger partial charge in [0.05, 0.1) is 12.7 Å². The molecule has 0 bridgehead atoms. The maximum Gasteiger partial charge on any atom is 0.0868 e. The molecule has 1 aliphatic rings. The van der Waals surface area contributed by atoms with Crippen molar-refractivity contribution in [3.05, 3.63) is 35.9 Å². The van der Waals surface area contributed by atoms with E-state index < -0.39 is 6.10 Å². The van der Waals surface area contributed by atoms with E-state index in [1.165, 1.54) is 0 Å². The summed E-state index contributed by atoms with van der Waals surface area (Å²) >= 11 is 0. The molecule has 0 aliphatic heterocycles. The molecule has 1 unspecified atom stereocenters. The van der Waals surface area contributed by atoms with Crippen molar-refractivity contribution in [3.8, 4) is 0 Å².